The number of rotatable bonds is 8. The zero-order valence-corrected chi connectivity index (χ0v) is 23.7. The summed E-state index contributed by atoms with van der Waals surface area (Å²) >= 11 is 0. The molecule has 0 bridgehead atoms. The van der Waals surface area contributed by atoms with Gasteiger partial charge in [0.15, 0.2) is 0 Å². The minimum atomic E-state index is -0.656. The van der Waals surface area contributed by atoms with E-state index in [1.165, 1.54) is 10.5 Å². The minimum absolute atomic E-state index is 0.0417. The Kier molecular flexibility index (Phi) is 8.29. The van der Waals surface area contributed by atoms with Gasteiger partial charge >= 0.3 is 0 Å². The Balaban J connectivity index is 1.44. The molecule has 1 unspecified atom stereocenters. The Morgan fingerprint density at radius 2 is 1.68 bits per heavy atom. The molecule has 0 saturated heterocycles. The van der Waals surface area contributed by atoms with Crippen LogP contribution in [0.2, 0.25) is 0 Å². The number of amides is 3. The highest BCUT2D eigenvalue weighted by molar-refractivity contribution is 6.01. The van der Waals surface area contributed by atoms with Gasteiger partial charge in [-0.2, -0.15) is 5.10 Å². The number of anilines is 2. The van der Waals surface area contributed by atoms with E-state index in [0.29, 0.717) is 12.1 Å². The van der Waals surface area contributed by atoms with Gasteiger partial charge in [-0.3, -0.25) is 24.4 Å². The average Bonchev–Trinajstić information content (AvgIpc) is 3.39. The van der Waals surface area contributed by atoms with Crippen LogP contribution in [0.15, 0.2) is 91.3 Å². The molecule has 1 atom stereocenters. The number of nitrogens with zero attached hydrogens (tertiary/aromatic N) is 4. The molecular weight excluding hydrogens is 514 g/mol. The number of H-pyrrole nitrogens is 1. The lowest BCUT2D eigenvalue weighted by molar-refractivity contribution is -0.136. The second-order valence-electron chi connectivity index (χ2n) is 10.6. The molecule has 210 valence electrons. The number of carbonyl (C=O) groups excluding carboxylic acids is 3. The molecule has 0 saturated carbocycles. The van der Waals surface area contributed by atoms with Crippen LogP contribution in [0.4, 0.5) is 11.4 Å². The van der Waals surface area contributed by atoms with Crippen molar-refractivity contribution in [3.05, 3.63) is 103 Å². The number of aromatic amines is 1. The fourth-order valence-corrected chi connectivity index (χ4v) is 5.28. The second-order valence-corrected chi connectivity index (χ2v) is 10.6. The lowest BCUT2D eigenvalue weighted by atomic mass is 9.94. The maximum Gasteiger partial charge on any atom is 0.247 e. The first-order chi connectivity index (χ1) is 19.9. The topological polar surface area (TPSA) is 89.6 Å². The van der Waals surface area contributed by atoms with E-state index in [9.17, 15) is 14.4 Å². The molecule has 1 aliphatic heterocycles. The number of nitrogens with one attached hydrogen (secondary N) is 1. The van der Waals surface area contributed by atoms with Crippen molar-refractivity contribution in [2.45, 2.75) is 46.1 Å². The van der Waals surface area contributed by atoms with Crippen LogP contribution < -0.4 is 9.80 Å². The quantitative estimate of drug-likeness (QED) is 0.316. The molecule has 0 aliphatic carbocycles. The lowest BCUT2D eigenvalue weighted by Gasteiger charge is -2.32. The van der Waals surface area contributed by atoms with Crippen molar-refractivity contribution in [1.29, 1.82) is 0 Å². The zero-order valence-electron chi connectivity index (χ0n) is 23.7. The molecule has 1 aliphatic rings. The van der Waals surface area contributed by atoms with Gasteiger partial charge in [0, 0.05) is 53.7 Å². The van der Waals surface area contributed by atoms with Crippen LogP contribution in [0, 0.1) is 5.92 Å². The maximum atomic E-state index is 13.9. The van der Waals surface area contributed by atoms with Crippen molar-refractivity contribution in [2.75, 3.05) is 16.3 Å². The second kappa shape index (κ2) is 12.2. The highest BCUT2D eigenvalue weighted by atomic mass is 16.2. The van der Waals surface area contributed by atoms with Gasteiger partial charge in [-0.15, -0.1) is 0 Å². The predicted molar refractivity (Wildman–Crippen MR) is 161 cm³/mol. The predicted octanol–water partition coefficient (Wildman–Crippen LogP) is 5.46. The van der Waals surface area contributed by atoms with Crippen molar-refractivity contribution in [3.8, 4) is 0 Å². The van der Waals surface area contributed by atoms with Gasteiger partial charge in [0.1, 0.15) is 6.54 Å². The molecule has 3 aromatic carbocycles. The maximum absolute atomic E-state index is 13.9. The van der Waals surface area contributed by atoms with Crippen molar-refractivity contribution in [2.24, 2.45) is 5.92 Å². The third kappa shape index (κ3) is 6.06. The summed E-state index contributed by atoms with van der Waals surface area (Å²) in [5, 5.41) is 8.35. The average molecular weight is 550 g/mol. The van der Waals surface area contributed by atoms with Crippen LogP contribution in [0.3, 0.4) is 0 Å². The Labute approximate surface area is 240 Å². The monoisotopic (exact) mass is 549 g/mol. The molecule has 1 aromatic heterocycles. The van der Waals surface area contributed by atoms with Gasteiger partial charge in [-0.1, -0.05) is 55.5 Å². The summed E-state index contributed by atoms with van der Waals surface area (Å²) in [4.78, 5) is 45.8. The number of aryl methyl sites for hydroxylation is 1. The van der Waals surface area contributed by atoms with Gasteiger partial charge in [-0.05, 0) is 56.2 Å². The normalized spacial score (nSPS) is 16.6. The van der Waals surface area contributed by atoms with Crippen molar-refractivity contribution in [1.82, 2.24) is 15.1 Å². The van der Waals surface area contributed by atoms with E-state index in [4.69, 9.17) is 0 Å². The molecule has 0 spiro atoms. The first-order valence-electron chi connectivity index (χ1n) is 14.0. The van der Waals surface area contributed by atoms with Crippen molar-refractivity contribution >= 4 is 40.0 Å². The third-order valence-electron chi connectivity index (χ3n) is 7.46. The van der Waals surface area contributed by atoms with Gasteiger partial charge < -0.3 is 9.80 Å². The number of carbonyl (C=O) groups is 3. The van der Waals surface area contributed by atoms with E-state index in [-0.39, 0.29) is 36.7 Å². The van der Waals surface area contributed by atoms with Crippen LogP contribution in [0.1, 0.15) is 38.4 Å². The summed E-state index contributed by atoms with van der Waals surface area (Å²) in [5.41, 5.74) is 4.27. The van der Waals surface area contributed by atoms with Gasteiger partial charge in [-0.25, -0.2) is 0 Å². The molecule has 2 heterocycles. The third-order valence-corrected chi connectivity index (χ3v) is 7.46. The Bertz CT molecular complexity index is 1560. The zero-order chi connectivity index (χ0) is 28.9. The standard InChI is InChI=1S/C33H35N5O3/c1-4-24-14-16-27(17-15-24)38(23(2)3)32(40)22-36-18-19-37(26-10-6-5-7-11-26)33(41)25(21-31(36)39)20-30-28-12-8-9-13-29(28)34-35-30/h5-19,23,25H,4,20-22H2,1-3H3,(H,34,35)/b19-18-. The summed E-state index contributed by atoms with van der Waals surface area (Å²) in [6, 6.07) is 24.8. The molecule has 5 rings (SSSR count). The van der Waals surface area contributed by atoms with Gasteiger partial charge in [0.2, 0.25) is 17.7 Å². The number of benzene rings is 3. The SMILES string of the molecule is CCc1ccc(N(C(=O)CN2/C=C\N(c3ccccc3)C(=O)C(Cc3[nH]nc4ccccc34)CC2=O)C(C)C)cc1. The van der Waals surface area contributed by atoms with Crippen molar-refractivity contribution < 1.29 is 14.4 Å². The molecule has 41 heavy (non-hydrogen) atoms. The molecule has 0 radical (unpaired) electrons. The number of hydrogen-bond acceptors (Lipinski definition) is 4. The van der Waals surface area contributed by atoms with Crippen molar-refractivity contribution in [3.63, 3.8) is 0 Å². The van der Waals surface area contributed by atoms with E-state index in [1.54, 1.807) is 22.2 Å². The number of para-hydroxylation sites is 2. The van der Waals surface area contributed by atoms with Crippen LogP contribution in [-0.4, -0.2) is 45.4 Å². The summed E-state index contributed by atoms with van der Waals surface area (Å²) in [5.74, 6) is -1.33. The number of fused-ring (bicyclic) bond motifs is 1. The molecule has 8 nitrogen and oxygen atoms in total. The number of hydrogen-bond donors (Lipinski definition) is 1. The molecule has 1 N–H and O–H groups in total. The highest BCUT2D eigenvalue weighted by Crippen LogP contribution is 2.27. The van der Waals surface area contributed by atoms with E-state index in [0.717, 1.165) is 28.7 Å². The fourth-order valence-electron chi connectivity index (χ4n) is 5.28. The summed E-state index contributed by atoms with van der Waals surface area (Å²) in [7, 11) is 0. The molecule has 3 amide bonds. The van der Waals surface area contributed by atoms with E-state index in [2.05, 4.69) is 17.1 Å². The first kappa shape index (κ1) is 27.8. The smallest absolute Gasteiger partial charge is 0.247 e. The molecule has 8 heteroatoms. The highest BCUT2D eigenvalue weighted by Gasteiger charge is 2.33. The summed E-state index contributed by atoms with van der Waals surface area (Å²) < 4.78 is 0. The van der Waals surface area contributed by atoms with Crippen LogP contribution in [-0.2, 0) is 27.2 Å². The largest absolute Gasteiger partial charge is 0.308 e. The van der Waals surface area contributed by atoms with Crippen LogP contribution in [0.25, 0.3) is 10.9 Å². The van der Waals surface area contributed by atoms with Crippen LogP contribution in [0.5, 0.6) is 0 Å². The molecule has 4 aromatic rings. The van der Waals surface area contributed by atoms with Crippen LogP contribution >= 0.6 is 0 Å². The summed E-state index contributed by atoms with van der Waals surface area (Å²) in [6.07, 6.45) is 4.32. The summed E-state index contributed by atoms with van der Waals surface area (Å²) in [6.45, 7) is 5.86. The minimum Gasteiger partial charge on any atom is -0.308 e. The Morgan fingerprint density at radius 1 is 0.976 bits per heavy atom. The first-order valence-corrected chi connectivity index (χ1v) is 14.0. The number of aromatic nitrogens is 2. The van der Waals surface area contributed by atoms with Gasteiger partial charge in [0.25, 0.3) is 0 Å². The van der Waals surface area contributed by atoms with E-state index < -0.39 is 5.92 Å². The fraction of sp³-hybridized carbons (Fsp3) is 0.273. The molecular formula is C33H35N5O3. The molecule has 0 fully saturated rings. The van der Waals surface area contributed by atoms with Gasteiger partial charge in [0.05, 0.1) is 11.4 Å². The van der Waals surface area contributed by atoms with E-state index in [1.807, 2.05) is 92.7 Å². The Hall–Kier alpha value is -4.72. The lowest BCUT2D eigenvalue weighted by Crippen LogP contribution is -2.46. The Morgan fingerprint density at radius 3 is 2.39 bits per heavy atom. The van der Waals surface area contributed by atoms with E-state index >= 15 is 0 Å².